The van der Waals surface area contributed by atoms with Crippen LogP contribution in [-0.2, 0) is 6.54 Å². The van der Waals surface area contributed by atoms with E-state index in [-0.39, 0.29) is 12.1 Å². The summed E-state index contributed by atoms with van der Waals surface area (Å²) in [4.78, 5) is 2.33. The minimum absolute atomic E-state index is 0.133. The van der Waals surface area contributed by atoms with Gasteiger partial charge in [0, 0.05) is 25.3 Å². The molecule has 0 aliphatic carbocycles. The number of aryl methyl sites for hydroxylation is 1. The van der Waals surface area contributed by atoms with Gasteiger partial charge in [-0.2, -0.15) is 0 Å². The number of aliphatic hydroxyl groups is 1. The lowest BCUT2D eigenvalue weighted by atomic mass is 10.00. The molecule has 1 saturated heterocycles. The van der Waals surface area contributed by atoms with Gasteiger partial charge in [0.25, 0.3) is 0 Å². The summed E-state index contributed by atoms with van der Waals surface area (Å²) in [6.07, 6.45) is 0.625. The van der Waals surface area contributed by atoms with Gasteiger partial charge in [-0.25, -0.2) is 0 Å². The SMILES string of the molecule is Cc1ccccc1NC1CCN(Cc2ccccc2)CC1O. The van der Waals surface area contributed by atoms with Crippen molar-refractivity contribution in [3.8, 4) is 0 Å². The molecule has 2 atom stereocenters. The third-order valence-electron chi connectivity index (χ3n) is 4.40. The van der Waals surface area contributed by atoms with E-state index in [4.69, 9.17) is 0 Å². The van der Waals surface area contributed by atoms with Crippen molar-refractivity contribution in [2.75, 3.05) is 18.4 Å². The van der Waals surface area contributed by atoms with Gasteiger partial charge in [0.15, 0.2) is 0 Å². The molecule has 0 spiro atoms. The first kappa shape index (κ1) is 15.1. The number of β-amino-alcohol motifs (C(OH)–C–C–N with tert-alkyl or cyclic N) is 1. The molecule has 1 heterocycles. The Morgan fingerprint density at radius 3 is 2.55 bits per heavy atom. The third-order valence-corrected chi connectivity index (χ3v) is 4.40. The van der Waals surface area contributed by atoms with Gasteiger partial charge in [0.05, 0.1) is 12.1 Å². The number of para-hydroxylation sites is 1. The van der Waals surface area contributed by atoms with Gasteiger partial charge >= 0.3 is 0 Å². The maximum atomic E-state index is 10.5. The molecule has 3 heteroatoms. The topological polar surface area (TPSA) is 35.5 Å². The minimum Gasteiger partial charge on any atom is -0.390 e. The Kier molecular flexibility index (Phi) is 4.76. The molecule has 2 N–H and O–H groups in total. The van der Waals surface area contributed by atoms with Crippen molar-refractivity contribution in [3.05, 3.63) is 65.7 Å². The zero-order chi connectivity index (χ0) is 15.4. The van der Waals surface area contributed by atoms with E-state index in [0.29, 0.717) is 0 Å². The summed E-state index contributed by atoms with van der Waals surface area (Å²) >= 11 is 0. The molecule has 3 nitrogen and oxygen atoms in total. The van der Waals surface area contributed by atoms with E-state index in [0.717, 1.165) is 31.7 Å². The number of hydrogen-bond acceptors (Lipinski definition) is 3. The van der Waals surface area contributed by atoms with E-state index in [9.17, 15) is 5.11 Å². The maximum absolute atomic E-state index is 10.5. The lowest BCUT2D eigenvalue weighted by Crippen LogP contribution is -2.49. The van der Waals surface area contributed by atoms with Crippen LogP contribution in [0.4, 0.5) is 5.69 Å². The van der Waals surface area contributed by atoms with E-state index in [1.807, 2.05) is 18.2 Å². The highest BCUT2D eigenvalue weighted by Gasteiger charge is 2.27. The maximum Gasteiger partial charge on any atom is 0.0868 e. The fourth-order valence-electron chi connectivity index (χ4n) is 3.09. The normalized spacial score (nSPS) is 22.5. The molecule has 2 aromatic rings. The molecule has 1 aliphatic rings. The Morgan fingerprint density at radius 1 is 1.09 bits per heavy atom. The second-order valence-electron chi connectivity index (χ2n) is 6.14. The first-order chi connectivity index (χ1) is 10.7. The standard InChI is InChI=1S/C19H24N2O/c1-15-7-5-6-10-17(15)20-18-11-12-21(14-19(18)22)13-16-8-3-2-4-9-16/h2-10,18-20,22H,11-14H2,1H3. The van der Waals surface area contributed by atoms with Crippen LogP contribution >= 0.6 is 0 Å². The van der Waals surface area contributed by atoms with Gasteiger partial charge in [-0.1, -0.05) is 48.5 Å². The highest BCUT2D eigenvalue weighted by molar-refractivity contribution is 5.51. The average Bonchev–Trinajstić information content (AvgIpc) is 2.53. The van der Waals surface area contributed by atoms with Crippen LogP contribution in [-0.4, -0.2) is 35.2 Å². The predicted octanol–water partition coefficient (Wildman–Crippen LogP) is 3.04. The third kappa shape index (κ3) is 3.67. The summed E-state index contributed by atoms with van der Waals surface area (Å²) in [5.74, 6) is 0. The Balaban J connectivity index is 1.57. The van der Waals surface area contributed by atoms with Gasteiger partial charge in [-0.05, 0) is 30.5 Å². The van der Waals surface area contributed by atoms with E-state index < -0.39 is 0 Å². The number of likely N-dealkylation sites (tertiary alicyclic amines) is 1. The van der Waals surface area contributed by atoms with E-state index >= 15 is 0 Å². The number of rotatable bonds is 4. The molecule has 2 unspecified atom stereocenters. The van der Waals surface area contributed by atoms with Gasteiger partial charge in [-0.3, -0.25) is 4.90 Å². The van der Waals surface area contributed by atoms with Crippen LogP contribution in [0.5, 0.6) is 0 Å². The lowest BCUT2D eigenvalue weighted by molar-refractivity contribution is 0.0561. The first-order valence-corrected chi connectivity index (χ1v) is 7.99. The Morgan fingerprint density at radius 2 is 1.82 bits per heavy atom. The number of nitrogens with one attached hydrogen (secondary N) is 1. The molecule has 1 aliphatic heterocycles. The van der Waals surface area contributed by atoms with Gasteiger partial charge in [0.2, 0.25) is 0 Å². The summed E-state index contributed by atoms with van der Waals surface area (Å²) < 4.78 is 0. The van der Waals surface area contributed by atoms with E-state index in [2.05, 4.69) is 53.5 Å². The zero-order valence-electron chi connectivity index (χ0n) is 13.1. The number of piperidine rings is 1. The largest absolute Gasteiger partial charge is 0.390 e. The highest BCUT2D eigenvalue weighted by Crippen LogP contribution is 2.21. The van der Waals surface area contributed by atoms with Crippen molar-refractivity contribution in [2.24, 2.45) is 0 Å². The van der Waals surface area contributed by atoms with Gasteiger partial charge < -0.3 is 10.4 Å². The molecular formula is C19H24N2O. The Hall–Kier alpha value is -1.84. The molecule has 0 radical (unpaired) electrons. The van der Waals surface area contributed by atoms with Crippen LogP contribution in [0.15, 0.2) is 54.6 Å². The van der Waals surface area contributed by atoms with E-state index in [1.165, 1.54) is 11.1 Å². The molecule has 0 amide bonds. The summed E-state index contributed by atoms with van der Waals surface area (Å²) in [6.45, 7) is 4.74. The van der Waals surface area contributed by atoms with Crippen LogP contribution < -0.4 is 5.32 Å². The lowest BCUT2D eigenvalue weighted by Gasteiger charge is -2.37. The Labute approximate surface area is 132 Å². The molecule has 2 aromatic carbocycles. The molecule has 0 saturated carbocycles. The van der Waals surface area contributed by atoms with Gasteiger partial charge in [0.1, 0.15) is 0 Å². The summed E-state index contributed by atoms with van der Waals surface area (Å²) in [6, 6.07) is 18.8. The molecule has 3 rings (SSSR count). The second-order valence-corrected chi connectivity index (χ2v) is 6.14. The molecule has 1 fully saturated rings. The van der Waals surface area contributed by atoms with Crippen molar-refractivity contribution in [3.63, 3.8) is 0 Å². The highest BCUT2D eigenvalue weighted by atomic mass is 16.3. The Bertz CT molecular complexity index is 599. The number of hydrogen-bond donors (Lipinski definition) is 2. The van der Waals surface area contributed by atoms with Crippen molar-refractivity contribution in [1.29, 1.82) is 0 Å². The van der Waals surface area contributed by atoms with Crippen LogP contribution in [0, 0.1) is 6.92 Å². The first-order valence-electron chi connectivity index (χ1n) is 7.99. The molecular weight excluding hydrogens is 272 g/mol. The predicted molar refractivity (Wildman–Crippen MR) is 90.9 cm³/mol. The zero-order valence-corrected chi connectivity index (χ0v) is 13.1. The number of aliphatic hydroxyl groups excluding tert-OH is 1. The molecule has 0 bridgehead atoms. The van der Waals surface area contributed by atoms with Crippen LogP contribution in [0.1, 0.15) is 17.5 Å². The minimum atomic E-state index is -0.336. The quantitative estimate of drug-likeness (QED) is 0.910. The summed E-state index contributed by atoms with van der Waals surface area (Å²) in [5, 5.41) is 14.0. The van der Waals surface area contributed by atoms with Gasteiger partial charge in [-0.15, -0.1) is 0 Å². The van der Waals surface area contributed by atoms with E-state index in [1.54, 1.807) is 0 Å². The molecule has 0 aromatic heterocycles. The fraction of sp³-hybridized carbons (Fsp3) is 0.368. The van der Waals surface area contributed by atoms with Crippen LogP contribution in [0.25, 0.3) is 0 Å². The number of anilines is 1. The van der Waals surface area contributed by atoms with Crippen molar-refractivity contribution in [2.45, 2.75) is 32.0 Å². The van der Waals surface area contributed by atoms with Crippen molar-refractivity contribution < 1.29 is 5.11 Å². The monoisotopic (exact) mass is 296 g/mol. The second kappa shape index (κ2) is 6.95. The van der Waals surface area contributed by atoms with Crippen LogP contribution in [0.3, 0.4) is 0 Å². The molecule has 116 valence electrons. The van der Waals surface area contributed by atoms with Crippen molar-refractivity contribution >= 4 is 5.69 Å². The number of nitrogens with zero attached hydrogens (tertiary/aromatic N) is 1. The summed E-state index contributed by atoms with van der Waals surface area (Å²) in [5.41, 5.74) is 3.66. The fourth-order valence-corrected chi connectivity index (χ4v) is 3.09. The van der Waals surface area contributed by atoms with Crippen LogP contribution in [0.2, 0.25) is 0 Å². The number of benzene rings is 2. The smallest absolute Gasteiger partial charge is 0.0868 e. The van der Waals surface area contributed by atoms with Crippen molar-refractivity contribution in [1.82, 2.24) is 4.90 Å². The average molecular weight is 296 g/mol. The summed E-state index contributed by atoms with van der Waals surface area (Å²) in [7, 11) is 0. The molecule has 22 heavy (non-hydrogen) atoms.